The fourth-order valence-electron chi connectivity index (χ4n) is 2.01. The molecule has 1 aromatic heterocycles. The molecule has 3 rings (SSSR count). The first-order chi connectivity index (χ1) is 9.61. The molecule has 1 unspecified atom stereocenters. The zero-order valence-corrected chi connectivity index (χ0v) is 11.9. The molecule has 0 aliphatic heterocycles. The second-order valence-electron chi connectivity index (χ2n) is 4.39. The van der Waals surface area contributed by atoms with Crippen molar-refractivity contribution >= 4 is 33.6 Å². The van der Waals surface area contributed by atoms with Gasteiger partial charge in [0.15, 0.2) is 0 Å². The molecule has 20 heavy (non-hydrogen) atoms. The second-order valence-corrected chi connectivity index (χ2v) is 5.72. The molecule has 0 aliphatic carbocycles. The predicted octanol–water partition coefficient (Wildman–Crippen LogP) is 3.06. The molecule has 0 bridgehead atoms. The first-order valence-corrected chi connectivity index (χ1v) is 7.54. The number of nitrogens with zero attached hydrogens (tertiary/aromatic N) is 2. The maximum absolute atomic E-state index is 10.7. The summed E-state index contributed by atoms with van der Waals surface area (Å²) in [4.78, 5) is 0. The molecule has 1 atom stereocenters. The van der Waals surface area contributed by atoms with E-state index >= 15 is 0 Å². The number of rotatable bonds is 3. The quantitative estimate of drug-likeness (QED) is 0.699. The predicted molar refractivity (Wildman–Crippen MR) is 78.7 cm³/mol. The Bertz CT molecular complexity index is 783. The van der Waals surface area contributed by atoms with Crippen LogP contribution in [0, 0.1) is 0 Å². The van der Waals surface area contributed by atoms with Gasteiger partial charge in [0.2, 0.25) is 0 Å². The summed E-state index contributed by atoms with van der Waals surface area (Å²) >= 11 is 3.77. The molecule has 0 amide bonds. The van der Waals surface area contributed by atoms with E-state index < -0.39 is 11.1 Å². The van der Waals surface area contributed by atoms with Crippen molar-refractivity contribution in [3.63, 3.8) is 0 Å². The van der Waals surface area contributed by atoms with E-state index in [1.54, 1.807) is 28.9 Å². The standard InChI is InChI=1S/C14H11ClN2O2S/c15-12-3-5-13(6-4-12)17-8-11-2-1-10(9-20(18)19)7-14(11)16-17/h1-8H,9H2,(H,18,19)/p-1. The van der Waals surface area contributed by atoms with Gasteiger partial charge in [-0.3, -0.25) is 4.21 Å². The van der Waals surface area contributed by atoms with Crippen LogP contribution in [0.4, 0.5) is 0 Å². The molecule has 2 aromatic carbocycles. The zero-order chi connectivity index (χ0) is 14.1. The normalized spacial score (nSPS) is 12.7. The van der Waals surface area contributed by atoms with Gasteiger partial charge in [-0.2, -0.15) is 5.10 Å². The Morgan fingerprint density at radius 3 is 2.65 bits per heavy atom. The first kappa shape index (κ1) is 13.3. The number of halogens is 1. The summed E-state index contributed by atoms with van der Waals surface area (Å²) in [5.41, 5.74) is 2.40. The highest BCUT2D eigenvalue weighted by Gasteiger charge is 2.04. The van der Waals surface area contributed by atoms with Gasteiger partial charge in [-0.15, -0.1) is 0 Å². The van der Waals surface area contributed by atoms with Crippen LogP contribution >= 0.6 is 11.6 Å². The van der Waals surface area contributed by atoms with Crippen LogP contribution in [0.15, 0.2) is 48.7 Å². The molecule has 3 aromatic rings. The smallest absolute Gasteiger partial charge is 0.0930 e. The molecule has 6 heteroatoms. The van der Waals surface area contributed by atoms with E-state index in [9.17, 15) is 8.76 Å². The summed E-state index contributed by atoms with van der Waals surface area (Å²) in [6, 6.07) is 12.8. The van der Waals surface area contributed by atoms with E-state index in [0.717, 1.165) is 22.2 Å². The SMILES string of the molecule is O=S([O-])Cc1ccc2cn(-c3ccc(Cl)cc3)nc2c1. The fraction of sp³-hybridized carbons (Fsp3) is 0.0714. The topological polar surface area (TPSA) is 57.9 Å². The van der Waals surface area contributed by atoms with Crippen LogP contribution in [0.1, 0.15) is 5.56 Å². The van der Waals surface area contributed by atoms with Crippen molar-refractivity contribution in [1.82, 2.24) is 9.78 Å². The van der Waals surface area contributed by atoms with Crippen molar-refractivity contribution in [1.29, 1.82) is 0 Å². The Kier molecular flexibility index (Phi) is 3.56. The van der Waals surface area contributed by atoms with E-state index in [1.165, 1.54) is 0 Å². The summed E-state index contributed by atoms with van der Waals surface area (Å²) in [5.74, 6) is 0.00372. The lowest BCUT2D eigenvalue weighted by atomic mass is 10.2. The summed E-state index contributed by atoms with van der Waals surface area (Å²) < 4.78 is 23.2. The van der Waals surface area contributed by atoms with Crippen LogP contribution in [0.3, 0.4) is 0 Å². The third-order valence-corrected chi connectivity index (χ3v) is 3.77. The minimum Gasteiger partial charge on any atom is -0.772 e. The highest BCUT2D eigenvalue weighted by molar-refractivity contribution is 7.78. The Hall–Kier alpha value is -1.69. The molecule has 1 heterocycles. The summed E-state index contributed by atoms with van der Waals surface area (Å²) in [7, 11) is 0. The van der Waals surface area contributed by atoms with Crippen LogP contribution < -0.4 is 0 Å². The summed E-state index contributed by atoms with van der Waals surface area (Å²) in [5, 5.41) is 6.08. The molecule has 0 radical (unpaired) electrons. The molecule has 0 saturated heterocycles. The zero-order valence-electron chi connectivity index (χ0n) is 10.3. The van der Waals surface area contributed by atoms with E-state index in [0.29, 0.717) is 5.02 Å². The molecule has 4 nitrogen and oxygen atoms in total. The maximum Gasteiger partial charge on any atom is 0.0930 e. The highest BCUT2D eigenvalue weighted by Crippen LogP contribution is 2.19. The van der Waals surface area contributed by atoms with Crippen LogP contribution in [-0.2, 0) is 16.8 Å². The average molecular weight is 306 g/mol. The summed E-state index contributed by atoms with van der Waals surface area (Å²) in [6.45, 7) is 0. The monoisotopic (exact) mass is 305 g/mol. The van der Waals surface area contributed by atoms with E-state index in [-0.39, 0.29) is 5.75 Å². The first-order valence-electron chi connectivity index (χ1n) is 5.92. The molecule has 102 valence electrons. The van der Waals surface area contributed by atoms with Gasteiger partial charge in [0.1, 0.15) is 0 Å². The number of hydrogen-bond acceptors (Lipinski definition) is 3. The van der Waals surface area contributed by atoms with E-state index in [4.69, 9.17) is 11.6 Å². The molecular weight excluding hydrogens is 296 g/mol. The third-order valence-electron chi connectivity index (χ3n) is 2.95. The number of fused-ring (bicyclic) bond motifs is 1. The Morgan fingerprint density at radius 2 is 1.95 bits per heavy atom. The van der Waals surface area contributed by atoms with Gasteiger partial charge in [-0.1, -0.05) is 34.8 Å². The van der Waals surface area contributed by atoms with Crippen LogP contribution in [0.5, 0.6) is 0 Å². The highest BCUT2D eigenvalue weighted by atomic mass is 35.5. The maximum atomic E-state index is 10.7. The lowest BCUT2D eigenvalue weighted by Crippen LogP contribution is -1.94. The lowest BCUT2D eigenvalue weighted by molar-refractivity contribution is 0.536. The number of aromatic nitrogens is 2. The van der Waals surface area contributed by atoms with Crippen LogP contribution in [0.25, 0.3) is 16.6 Å². The average Bonchev–Trinajstić information content (AvgIpc) is 2.81. The van der Waals surface area contributed by atoms with Crippen molar-refractivity contribution in [2.45, 2.75) is 5.75 Å². The minimum atomic E-state index is -2.09. The Morgan fingerprint density at radius 1 is 1.20 bits per heavy atom. The van der Waals surface area contributed by atoms with Crippen molar-refractivity contribution in [2.24, 2.45) is 0 Å². The van der Waals surface area contributed by atoms with Gasteiger partial charge in [-0.25, -0.2) is 4.68 Å². The molecule has 0 fully saturated rings. The Balaban J connectivity index is 2.01. The molecule has 0 saturated carbocycles. The molecule has 0 aliphatic rings. The van der Waals surface area contributed by atoms with E-state index in [1.807, 2.05) is 24.4 Å². The van der Waals surface area contributed by atoms with E-state index in [2.05, 4.69) is 5.10 Å². The van der Waals surface area contributed by atoms with Crippen molar-refractivity contribution in [2.75, 3.05) is 0 Å². The summed E-state index contributed by atoms with van der Waals surface area (Å²) in [6.07, 6.45) is 1.90. The van der Waals surface area contributed by atoms with Gasteiger partial charge in [0.25, 0.3) is 0 Å². The fourth-order valence-corrected chi connectivity index (χ4v) is 2.59. The minimum absolute atomic E-state index is 0.00372. The van der Waals surface area contributed by atoms with Gasteiger partial charge in [-0.05, 0) is 35.9 Å². The lowest BCUT2D eigenvalue weighted by Gasteiger charge is -2.03. The van der Waals surface area contributed by atoms with Crippen molar-refractivity contribution < 1.29 is 8.76 Å². The van der Waals surface area contributed by atoms with Gasteiger partial charge in [0, 0.05) is 22.4 Å². The largest absolute Gasteiger partial charge is 0.772 e. The van der Waals surface area contributed by atoms with Crippen molar-refractivity contribution in [3.05, 3.63) is 59.2 Å². The number of hydrogen-bond donors (Lipinski definition) is 0. The molecule has 0 N–H and O–H groups in total. The van der Waals surface area contributed by atoms with Crippen LogP contribution in [-0.4, -0.2) is 18.5 Å². The van der Waals surface area contributed by atoms with Gasteiger partial charge < -0.3 is 4.55 Å². The van der Waals surface area contributed by atoms with Crippen LogP contribution in [0.2, 0.25) is 5.02 Å². The second kappa shape index (κ2) is 5.36. The van der Waals surface area contributed by atoms with Gasteiger partial charge >= 0.3 is 0 Å². The van der Waals surface area contributed by atoms with Crippen molar-refractivity contribution in [3.8, 4) is 5.69 Å². The third kappa shape index (κ3) is 2.75. The molecule has 0 spiro atoms. The molecular formula is C14H10ClN2O2S-. The number of benzene rings is 2. The Labute approximate surface area is 123 Å². The van der Waals surface area contributed by atoms with Gasteiger partial charge in [0.05, 0.1) is 11.2 Å².